The van der Waals surface area contributed by atoms with Crippen molar-refractivity contribution in [1.82, 2.24) is 10.6 Å². The molecule has 2 N–H and O–H groups in total. The van der Waals surface area contributed by atoms with Crippen LogP contribution < -0.4 is 10.6 Å². The Hall–Kier alpha value is -1.33. The van der Waals surface area contributed by atoms with Gasteiger partial charge in [0.15, 0.2) is 5.11 Å². The lowest BCUT2D eigenvalue weighted by atomic mass is 10.1. The number of hydrogen-bond acceptors (Lipinski definition) is 3. The first-order valence-corrected chi connectivity index (χ1v) is 6.78. The van der Waals surface area contributed by atoms with Crippen molar-refractivity contribution < 1.29 is 9.53 Å². The highest BCUT2D eigenvalue weighted by molar-refractivity contribution is 7.80. The van der Waals surface area contributed by atoms with Crippen molar-refractivity contribution >= 4 is 35.0 Å². The third kappa shape index (κ3) is 6.40. The first-order valence-electron chi connectivity index (χ1n) is 6.00. The lowest BCUT2D eigenvalue weighted by Crippen LogP contribution is -2.44. The smallest absolute Gasteiger partial charge is 0.413 e. The van der Waals surface area contributed by atoms with Crippen LogP contribution in [0.15, 0.2) is 24.3 Å². The fourth-order valence-electron chi connectivity index (χ4n) is 1.54. The van der Waals surface area contributed by atoms with Crippen molar-refractivity contribution in [3.63, 3.8) is 0 Å². The fourth-order valence-corrected chi connectivity index (χ4v) is 1.96. The normalized spacial score (nSPS) is 11.5. The third-order valence-corrected chi connectivity index (χ3v) is 2.80. The minimum atomic E-state index is -0.543. The Morgan fingerprint density at radius 2 is 2.05 bits per heavy atom. The zero-order valence-corrected chi connectivity index (χ0v) is 12.5. The molecule has 0 radical (unpaired) electrons. The number of ether oxygens (including phenoxy) is 1. The van der Waals surface area contributed by atoms with Crippen LogP contribution in [-0.2, 0) is 11.2 Å². The van der Waals surface area contributed by atoms with Crippen molar-refractivity contribution in [2.45, 2.75) is 26.3 Å². The van der Waals surface area contributed by atoms with E-state index in [-0.39, 0.29) is 11.2 Å². The number of carbonyl (C=O) groups is 1. The number of halogens is 1. The second kappa shape index (κ2) is 7.96. The first-order chi connectivity index (χ1) is 9.01. The van der Waals surface area contributed by atoms with Crippen LogP contribution in [0.25, 0.3) is 0 Å². The molecule has 19 heavy (non-hydrogen) atoms. The molecule has 1 atom stereocenters. The molecule has 6 heteroatoms. The van der Waals surface area contributed by atoms with Crippen LogP contribution in [0.2, 0.25) is 5.02 Å². The van der Waals surface area contributed by atoms with Crippen LogP contribution in [-0.4, -0.2) is 23.9 Å². The van der Waals surface area contributed by atoms with Gasteiger partial charge < -0.3 is 10.1 Å². The maximum atomic E-state index is 11.2. The van der Waals surface area contributed by atoms with Gasteiger partial charge in [-0.2, -0.15) is 0 Å². The van der Waals surface area contributed by atoms with Gasteiger partial charge in [0, 0.05) is 11.1 Å². The Balaban J connectivity index is 2.38. The summed E-state index contributed by atoms with van der Waals surface area (Å²) in [4.78, 5) is 11.2. The highest BCUT2D eigenvalue weighted by Gasteiger charge is 2.08. The van der Waals surface area contributed by atoms with E-state index in [1.54, 1.807) is 6.92 Å². The molecule has 0 aliphatic carbocycles. The van der Waals surface area contributed by atoms with Crippen LogP contribution in [0.4, 0.5) is 4.79 Å². The quantitative estimate of drug-likeness (QED) is 0.840. The number of rotatable bonds is 4. The molecule has 0 saturated heterocycles. The van der Waals surface area contributed by atoms with E-state index < -0.39 is 6.09 Å². The van der Waals surface area contributed by atoms with Crippen LogP contribution in [0.3, 0.4) is 0 Å². The third-order valence-electron chi connectivity index (χ3n) is 2.32. The molecule has 1 amide bonds. The molecule has 1 rings (SSSR count). The molecule has 0 saturated carbocycles. The molecule has 0 aliphatic heterocycles. The lowest BCUT2D eigenvalue weighted by Gasteiger charge is -2.16. The summed E-state index contributed by atoms with van der Waals surface area (Å²) in [6.45, 7) is 4.03. The van der Waals surface area contributed by atoms with Crippen molar-refractivity contribution in [3.05, 3.63) is 34.9 Å². The van der Waals surface area contributed by atoms with Gasteiger partial charge in [-0.25, -0.2) is 4.79 Å². The number of alkyl carbamates (subject to hydrolysis) is 1. The van der Waals surface area contributed by atoms with Gasteiger partial charge in [0.2, 0.25) is 0 Å². The highest BCUT2D eigenvalue weighted by Crippen LogP contribution is 2.10. The predicted molar refractivity (Wildman–Crippen MR) is 80.5 cm³/mol. The summed E-state index contributed by atoms with van der Waals surface area (Å²) < 4.78 is 4.73. The molecule has 0 fully saturated rings. The highest BCUT2D eigenvalue weighted by atomic mass is 35.5. The summed E-state index contributed by atoms with van der Waals surface area (Å²) in [5, 5.41) is 6.44. The average molecular weight is 301 g/mol. The first kappa shape index (κ1) is 15.7. The summed E-state index contributed by atoms with van der Waals surface area (Å²) in [6.07, 6.45) is 0.237. The van der Waals surface area contributed by atoms with Gasteiger partial charge in [-0.1, -0.05) is 23.7 Å². The molecule has 0 heterocycles. The molecule has 4 nitrogen and oxygen atoms in total. The van der Waals surface area contributed by atoms with Crippen LogP contribution in [0, 0.1) is 0 Å². The standard InChI is InChI=1S/C13H17ClN2O2S/c1-3-18-13(17)16-12(19)15-9(2)8-10-4-6-11(14)7-5-10/h4-7,9H,3,8H2,1-2H3,(H2,15,16,17,19). The Kier molecular flexibility index (Phi) is 6.59. The Labute approximate surface area is 123 Å². The molecule has 0 aliphatic rings. The zero-order valence-electron chi connectivity index (χ0n) is 10.9. The second-order valence-electron chi connectivity index (χ2n) is 4.05. The van der Waals surface area contributed by atoms with E-state index in [1.165, 1.54) is 0 Å². The average Bonchev–Trinajstić information content (AvgIpc) is 2.32. The van der Waals surface area contributed by atoms with Gasteiger partial charge in [0.05, 0.1) is 6.61 Å². The zero-order chi connectivity index (χ0) is 14.3. The van der Waals surface area contributed by atoms with E-state index in [4.69, 9.17) is 28.6 Å². The topological polar surface area (TPSA) is 50.4 Å². The van der Waals surface area contributed by atoms with Gasteiger partial charge in [-0.3, -0.25) is 5.32 Å². The van der Waals surface area contributed by atoms with Crippen LogP contribution in [0.1, 0.15) is 19.4 Å². The van der Waals surface area contributed by atoms with Crippen molar-refractivity contribution in [2.75, 3.05) is 6.61 Å². The Bertz CT molecular complexity index is 437. The summed E-state index contributed by atoms with van der Waals surface area (Å²) in [7, 11) is 0. The number of thiocarbonyl (C=S) groups is 1. The monoisotopic (exact) mass is 300 g/mol. The van der Waals surface area contributed by atoms with Crippen molar-refractivity contribution in [3.8, 4) is 0 Å². The molecule has 1 aromatic rings. The molecule has 1 unspecified atom stereocenters. The number of amides is 1. The summed E-state index contributed by atoms with van der Waals surface area (Å²) in [5.74, 6) is 0. The molecule has 0 bridgehead atoms. The second-order valence-corrected chi connectivity index (χ2v) is 4.90. The largest absolute Gasteiger partial charge is 0.450 e. The van der Waals surface area contributed by atoms with Crippen LogP contribution in [0.5, 0.6) is 0 Å². The van der Waals surface area contributed by atoms with E-state index in [2.05, 4.69) is 10.6 Å². The Morgan fingerprint density at radius 3 is 2.63 bits per heavy atom. The van der Waals surface area contributed by atoms with Gasteiger partial charge in [0.25, 0.3) is 0 Å². The minimum Gasteiger partial charge on any atom is -0.450 e. The maximum absolute atomic E-state index is 11.2. The maximum Gasteiger partial charge on any atom is 0.413 e. The van der Waals surface area contributed by atoms with Gasteiger partial charge >= 0.3 is 6.09 Å². The number of hydrogen-bond donors (Lipinski definition) is 2. The number of nitrogens with one attached hydrogen (secondary N) is 2. The fraction of sp³-hybridized carbons (Fsp3) is 0.385. The van der Waals surface area contributed by atoms with Gasteiger partial charge in [0.1, 0.15) is 0 Å². The molecular formula is C13H17ClN2O2S. The number of carbonyl (C=O) groups excluding carboxylic acids is 1. The Morgan fingerprint density at radius 1 is 1.42 bits per heavy atom. The molecule has 104 valence electrons. The van der Waals surface area contributed by atoms with E-state index in [1.807, 2.05) is 31.2 Å². The van der Waals surface area contributed by atoms with E-state index in [0.717, 1.165) is 12.0 Å². The lowest BCUT2D eigenvalue weighted by molar-refractivity contribution is 0.157. The van der Waals surface area contributed by atoms with Crippen molar-refractivity contribution in [2.24, 2.45) is 0 Å². The van der Waals surface area contributed by atoms with E-state index >= 15 is 0 Å². The van der Waals surface area contributed by atoms with E-state index in [9.17, 15) is 4.79 Å². The number of benzene rings is 1. The summed E-state index contributed by atoms with van der Waals surface area (Å²) in [5.41, 5.74) is 1.14. The van der Waals surface area contributed by atoms with Crippen LogP contribution >= 0.6 is 23.8 Å². The van der Waals surface area contributed by atoms with Gasteiger partial charge in [-0.05, 0) is 50.2 Å². The van der Waals surface area contributed by atoms with E-state index in [0.29, 0.717) is 11.6 Å². The van der Waals surface area contributed by atoms with Crippen molar-refractivity contribution in [1.29, 1.82) is 0 Å². The predicted octanol–water partition coefficient (Wildman–Crippen LogP) is 2.89. The molecular weight excluding hydrogens is 284 g/mol. The summed E-state index contributed by atoms with van der Waals surface area (Å²) in [6, 6.07) is 7.71. The molecule has 0 aromatic heterocycles. The van der Waals surface area contributed by atoms with Gasteiger partial charge in [-0.15, -0.1) is 0 Å². The molecule has 0 spiro atoms. The minimum absolute atomic E-state index is 0.0932. The summed E-state index contributed by atoms with van der Waals surface area (Å²) >= 11 is 10.8. The molecule has 1 aromatic carbocycles. The SMILES string of the molecule is CCOC(=O)NC(=S)NC(C)Cc1ccc(Cl)cc1.